The highest BCUT2D eigenvalue weighted by atomic mass is 31.2. The molecule has 1 aliphatic rings. The van der Waals surface area contributed by atoms with Gasteiger partial charge in [0.25, 0.3) is 13.1 Å². The van der Waals surface area contributed by atoms with Crippen LogP contribution >= 0.6 is 15.3 Å². The second kappa shape index (κ2) is 16.7. The smallest absolute Gasteiger partial charge is 0.459 e. The third kappa shape index (κ3) is 11.2. The van der Waals surface area contributed by atoms with Crippen molar-refractivity contribution in [3.8, 4) is 5.75 Å². The summed E-state index contributed by atoms with van der Waals surface area (Å²) in [6.07, 6.45) is -4.91. The quantitative estimate of drug-likeness (QED) is 0.157. The van der Waals surface area contributed by atoms with Crippen molar-refractivity contribution in [3.63, 3.8) is 0 Å². The number of alkyl halides is 1. The molecular weight excluding hydrogens is 689 g/mol. The second-order valence-electron chi connectivity index (χ2n) is 12.4. The van der Waals surface area contributed by atoms with Crippen molar-refractivity contribution < 1.29 is 50.9 Å². The van der Waals surface area contributed by atoms with E-state index in [1.54, 1.807) is 45.9 Å². The predicted octanol–water partition coefficient (Wildman–Crippen LogP) is 3.68. The molecule has 0 saturated carbocycles. The van der Waals surface area contributed by atoms with Gasteiger partial charge in [-0.3, -0.25) is 33.0 Å². The van der Waals surface area contributed by atoms with E-state index in [1.807, 2.05) is 4.98 Å². The van der Waals surface area contributed by atoms with E-state index in [1.165, 1.54) is 39.6 Å². The molecule has 3 N–H and O–H groups in total. The number of rotatable bonds is 17. The number of esters is 2. The number of ether oxygens (including phenoxy) is 3. The summed E-state index contributed by atoms with van der Waals surface area (Å²) >= 11 is 0. The molecule has 0 amide bonds. The first kappa shape index (κ1) is 40.3. The Morgan fingerprint density at radius 2 is 1.53 bits per heavy atom. The van der Waals surface area contributed by atoms with Crippen molar-refractivity contribution in [1.82, 2.24) is 19.7 Å². The average Bonchev–Trinajstić information content (AvgIpc) is 3.24. The van der Waals surface area contributed by atoms with Gasteiger partial charge in [0.2, 0.25) is 0 Å². The Kier molecular flexibility index (Phi) is 13.7. The van der Waals surface area contributed by atoms with Crippen LogP contribution in [0.4, 0.5) is 4.39 Å². The Labute approximate surface area is 283 Å². The number of nitrogens with one attached hydrogen (secondary N) is 3. The minimum absolute atomic E-state index is 0.116. The fourth-order valence-electron chi connectivity index (χ4n) is 4.67. The highest BCUT2D eigenvalue weighted by Gasteiger charge is 2.57. The first-order valence-corrected chi connectivity index (χ1v) is 19.2. The zero-order chi connectivity index (χ0) is 36.7. The van der Waals surface area contributed by atoms with Gasteiger partial charge in [-0.2, -0.15) is 5.09 Å². The molecule has 1 aromatic heterocycles. The van der Waals surface area contributed by atoms with E-state index in [0.29, 0.717) is 0 Å². The normalized spacial score (nSPS) is 24.5. The topological polar surface area (TPSA) is 203 Å². The predicted molar refractivity (Wildman–Crippen MR) is 176 cm³/mol. The summed E-state index contributed by atoms with van der Waals surface area (Å²) in [5.74, 6) is -1.31. The van der Waals surface area contributed by atoms with Gasteiger partial charge in [0, 0.05) is 18.9 Å². The molecule has 49 heavy (non-hydrogen) atoms. The highest BCUT2D eigenvalue weighted by Crippen LogP contribution is 2.52. The average molecular weight is 735 g/mol. The minimum Gasteiger partial charge on any atom is -0.462 e. The summed E-state index contributed by atoms with van der Waals surface area (Å²) in [4.78, 5) is 51.2. The number of carbonyl (C=O) groups excluding carboxylic acids is 2. The van der Waals surface area contributed by atoms with E-state index in [4.69, 9.17) is 27.8 Å². The summed E-state index contributed by atoms with van der Waals surface area (Å²) < 4.78 is 78.2. The Bertz CT molecular complexity index is 1650. The number of para-hydroxylation sites is 1. The number of aromatic nitrogens is 2. The Morgan fingerprint density at radius 1 is 0.959 bits per heavy atom. The van der Waals surface area contributed by atoms with E-state index in [0.717, 1.165) is 16.8 Å². The number of nitrogens with zero attached hydrogens (tertiary/aromatic N) is 1. The van der Waals surface area contributed by atoms with Gasteiger partial charge in [0.1, 0.15) is 17.8 Å². The maximum atomic E-state index is 16.5. The van der Waals surface area contributed by atoms with Gasteiger partial charge in [-0.15, -0.1) is 0 Å². The van der Waals surface area contributed by atoms with Crippen LogP contribution in [0, 0.1) is 5.41 Å². The zero-order valence-electron chi connectivity index (χ0n) is 28.6. The van der Waals surface area contributed by atoms with Crippen molar-refractivity contribution in [2.75, 3.05) is 19.9 Å². The van der Waals surface area contributed by atoms with Crippen LogP contribution in [0.15, 0.2) is 52.2 Å². The standard InChI is InChI=1S/C30H45FN4O12P2/c1-18(2)44-27(37)20(5)33-48(8,40)43-17-30(7)23(46-26(25(30)31)35-15-14-24(36)32-29(35)39)16-42-49(41,47-22-12-10-9-11-13-22)34-21(6)28(38)45-19(3)4/h9-15,18-21,23,25-26H,16-17H2,1-8H3,(H,33,40)(H,34,41)(H,32,36,39)/t20-,21-,23+,25?,26+,30?,48?,49?/m0/s1. The summed E-state index contributed by atoms with van der Waals surface area (Å²) in [6, 6.07) is 6.70. The minimum atomic E-state index is -4.45. The first-order valence-electron chi connectivity index (χ1n) is 15.5. The van der Waals surface area contributed by atoms with E-state index in [-0.39, 0.29) is 5.75 Å². The van der Waals surface area contributed by atoms with Crippen molar-refractivity contribution in [2.24, 2.45) is 5.41 Å². The lowest BCUT2D eigenvalue weighted by molar-refractivity contribution is -0.150. The van der Waals surface area contributed by atoms with Gasteiger partial charge < -0.3 is 23.3 Å². The third-order valence-corrected chi connectivity index (χ3v) is 10.3. The van der Waals surface area contributed by atoms with Gasteiger partial charge in [-0.1, -0.05) is 25.1 Å². The van der Waals surface area contributed by atoms with E-state index < -0.39 is 99.9 Å². The van der Waals surface area contributed by atoms with Gasteiger partial charge >= 0.3 is 25.4 Å². The number of halogens is 1. The molecule has 0 aliphatic carbocycles. The molecular formula is C30H45FN4O12P2. The van der Waals surface area contributed by atoms with E-state index in [2.05, 4.69) is 10.2 Å². The van der Waals surface area contributed by atoms with Gasteiger partial charge in [0.15, 0.2) is 12.4 Å². The highest BCUT2D eigenvalue weighted by molar-refractivity contribution is 7.56. The van der Waals surface area contributed by atoms with Crippen LogP contribution in [0.25, 0.3) is 0 Å². The van der Waals surface area contributed by atoms with Crippen LogP contribution in [-0.2, 0) is 42.0 Å². The molecule has 274 valence electrons. The van der Waals surface area contributed by atoms with Crippen molar-refractivity contribution >= 4 is 27.2 Å². The fourth-order valence-corrected chi connectivity index (χ4v) is 7.57. The summed E-state index contributed by atoms with van der Waals surface area (Å²) in [6.45, 7) is 10.7. The summed E-state index contributed by atoms with van der Waals surface area (Å²) in [7, 11) is -8.27. The lowest BCUT2D eigenvalue weighted by atomic mass is 9.82. The summed E-state index contributed by atoms with van der Waals surface area (Å²) in [5.41, 5.74) is -3.45. The first-order chi connectivity index (χ1) is 22.7. The van der Waals surface area contributed by atoms with Crippen molar-refractivity contribution in [1.29, 1.82) is 0 Å². The Hall–Kier alpha value is -3.17. The molecule has 1 aromatic carbocycles. The molecule has 0 spiro atoms. The van der Waals surface area contributed by atoms with Gasteiger partial charge in [0.05, 0.1) is 36.9 Å². The van der Waals surface area contributed by atoms with Crippen LogP contribution < -0.4 is 25.9 Å². The number of carbonyl (C=O) groups is 2. The van der Waals surface area contributed by atoms with Gasteiger partial charge in [-0.05, 0) is 53.7 Å². The van der Waals surface area contributed by atoms with E-state index >= 15 is 4.39 Å². The fraction of sp³-hybridized carbons (Fsp3) is 0.600. The number of H-pyrrole nitrogens is 1. The molecule has 1 fully saturated rings. The molecule has 2 aromatic rings. The number of hydrogen-bond acceptors (Lipinski definition) is 12. The molecule has 0 bridgehead atoms. The Balaban J connectivity index is 1.92. The van der Waals surface area contributed by atoms with Gasteiger partial charge in [-0.25, -0.2) is 18.8 Å². The van der Waals surface area contributed by atoms with Crippen molar-refractivity contribution in [2.45, 2.75) is 91.3 Å². The molecule has 4 unspecified atom stereocenters. The van der Waals surface area contributed by atoms with Crippen LogP contribution in [0.1, 0.15) is 54.7 Å². The number of aromatic amines is 1. The third-order valence-electron chi connectivity index (χ3n) is 7.22. The van der Waals surface area contributed by atoms with Crippen LogP contribution in [-0.4, -0.2) is 77.9 Å². The number of benzene rings is 1. The lowest BCUT2D eigenvalue weighted by Gasteiger charge is -2.33. The molecule has 16 nitrogen and oxygen atoms in total. The largest absolute Gasteiger partial charge is 0.462 e. The zero-order valence-corrected chi connectivity index (χ0v) is 30.4. The maximum absolute atomic E-state index is 16.5. The number of hydrogen-bond donors (Lipinski definition) is 3. The molecule has 2 heterocycles. The summed E-state index contributed by atoms with van der Waals surface area (Å²) in [5, 5.41) is 5.10. The van der Waals surface area contributed by atoms with Crippen LogP contribution in [0.5, 0.6) is 5.75 Å². The molecule has 0 radical (unpaired) electrons. The van der Waals surface area contributed by atoms with E-state index in [9.17, 15) is 28.3 Å². The second-order valence-corrected chi connectivity index (χ2v) is 16.3. The monoisotopic (exact) mass is 734 g/mol. The molecule has 1 aliphatic heterocycles. The SMILES string of the molecule is CC(C)OC(=O)[C@H](C)NP(C)(=O)OCC1(C)C(F)[C@H](n2ccc(=O)[nH]c2=O)O[C@@H]1COP(=O)(N[C@@H](C)C(=O)OC(C)C)Oc1ccccc1. The van der Waals surface area contributed by atoms with Crippen LogP contribution in [0.2, 0.25) is 0 Å². The molecule has 19 heteroatoms. The maximum Gasteiger partial charge on any atom is 0.459 e. The van der Waals surface area contributed by atoms with Crippen molar-refractivity contribution in [3.05, 3.63) is 63.4 Å². The molecule has 3 rings (SSSR count). The molecule has 1 saturated heterocycles. The lowest BCUT2D eigenvalue weighted by Crippen LogP contribution is -2.44. The Morgan fingerprint density at radius 3 is 2.08 bits per heavy atom. The van der Waals surface area contributed by atoms with Crippen LogP contribution in [0.3, 0.4) is 0 Å². The molecule has 8 atom stereocenters.